The van der Waals surface area contributed by atoms with Crippen molar-refractivity contribution in [3.8, 4) is 0 Å². The van der Waals surface area contributed by atoms with Crippen LogP contribution in [0.25, 0.3) is 0 Å². The maximum atomic E-state index is 14.1. The third-order valence-electron chi connectivity index (χ3n) is 6.73. The van der Waals surface area contributed by atoms with Crippen LogP contribution < -0.4 is 10.6 Å². The normalized spacial score (nSPS) is 11.7. The van der Waals surface area contributed by atoms with Crippen LogP contribution in [0.4, 0.5) is 0 Å². The lowest BCUT2D eigenvalue weighted by atomic mass is 9.76. The van der Waals surface area contributed by atoms with Gasteiger partial charge in [-0.1, -0.05) is 32.0 Å². The first-order chi connectivity index (χ1) is 16.9. The van der Waals surface area contributed by atoms with Gasteiger partial charge in [-0.25, -0.2) is 0 Å². The molecule has 2 aromatic heterocycles. The fourth-order valence-corrected chi connectivity index (χ4v) is 4.50. The van der Waals surface area contributed by atoms with Crippen molar-refractivity contribution in [1.29, 1.82) is 0 Å². The van der Waals surface area contributed by atoms with E-state index in [4.69, 9.17) is 0 Å². The molecule has 8 heteroatoms. The molecule has 36 heavy (non-hydrogen) atoms. The lowest BCUT2D eigenvalue weighted by Gasteiger charge is -2.32. The molecular weight excluding hydrogens is 452 g/mol. The smallest absolute Gasteiger partial charge is 0.236 e. The topological polar surface area (TPSA) is 93.8 Å². The van der Waals surface area contributed by atoms with E-state index in [0.717, 1.165) is 28.3 Å². The lowest BCUT2D eigenvalue weighted by Crippen LogP contribution is -2.55. The van der Waals surface area contributed by atoms with Gasteiger partial charge in [0.15, 0.2) is 0 Å². The van der Waals surface area contributed by atoms with Crippen molar-refractivity contribution in [2.24, 2.45) is 25.4 Å². The van der Waals surface area contributed by atoms with E-state index < -0.39 is 5.41 Å². The number of aromatic nitrogens is 4. The van der Waals surface area contributed by atoms with Gasteiger partial charge in [-0.2, -0.15) is 10.2 Å². The third kappa shape index (κ3) is 6.22. The van der Waals surface area contributed by atoms with Crippen LogP contribution in [0.15, 0.2) is 30.3 Å². The monoisotopic (exact) mass is 492 g/mol. The van der Waals surface area contributed by atoms with Gasteiger partial charge in [0, 0.05) is 51.4 Å². The molecule has 1 aromatic carbocycles. The molecule has 2 amide bonds. The second-order valence-corrected chi connectivity index (χ2v) is 10.4. The number of hydrogen-bond donors (Lipinski definition) is 2. The first kappa shape index (κ1) is 27.2. The summed E-state index contributed by atoms with van der Waals surface area (Å²) in [6.07, 6.45) is 0.439. The largest absolute Gasteiger partial charge is 0.355 e. The highest BCUT2D eigenvalue weighted by molar-refractivity contribution is 6.05. The molecule has 0 aliphatic heterocycles. The molecule has 3 rings (SSSR count). The van der Waals surface area contributed by atoms with E-state index in [2.05, 4.69) is 46.8 Å². The summed E-state index contributed by atoms with van der Waals surface area (Å²) < 4.78 is 3.51. The Hall–Kier alpha value is -3.42. The summed E-state index contributed by atoms with van der Waals surface area (Å²) in [5, 5.41) is 15.1. The van der Waals surface area contributed by atoms with Crippen LogP contribution in [0.3, 0.4) is 0 Å². The van der Waals surface area contributed by atoms with Crippen LogP contribution in [-0.4, -0.2) is 37.9 Å². The lowest BCUT2D eigenvalue weighted by molar-refractivity contribution is -0.144. The van der Waals surface area contributed by atoms with Gasteiger partial charge in [-0.3, -0.25) is 19.0 Å². The highest BCUT2D eigenvalue weighted by Crippen LogP contribution is 2.30. The summed E-state index contributed by atoms with van der Waals surface area (Å²) >= 11 is 0. The quantitative estimate of drug-likeness (QED) is 0.425. The number of benzene rings is 1. The van der Waals surface area contributed by atoms with Crippen LogP contribution >= 0.6 is 0 Å². The Kier molecular flexibility index (Phi) is 8.38. The first-order valence-electron chi connectivity index (χ1n) is 12.5. The third-order valence-corrected chi connectivity index (χ3v) is 6.73. The standard InChI is InChI=1S/C28H40N6O2/c1-18(2)16-29-26(35)28(14-24-12-21(5)31-33(24)7,15-25-13-22(6)32-34(25)8)27(36)30-17-23-10-9-19(3)20(4)11-23/h9-13,18H,14-17H2,1-8H3,(H,29,35)(H,30,36). The average molecular weight is 493 g/mol. The molecule has 0 aliphatic rings. The Morgan fingerprint density at radius 3 is 1.81 bits per heavy atom. The van der Waals surface area contributed by atoms with E-state index in [1.54, 1.807) is 9.36 Å². The van der Waals surface area contributed by atoms with Crippen LogP contribution in [0.1, 0.15) is 53.3 Å². The van der Waals surface area contributed by atoms with Crippen LogP contribution in [-0.2, 0) is 43.1 Å². The van der Waals surface area contributed by atoms with E-state index in [0.29, 0.717) is 13.1 Å². The number of nitrogens with one attached hydrogen (secondary N) is 2. The molecule has 0 atom stereocenters. The number of rotatable bonds is 10. The number of carbonyl (C=O) groups is 2. The Morgan fingerprint density at radius 2 is 1.36 bits per heavy atom. The van der Waals surface area contributed by atoms with E-state index in [1.807, 2.05) is 60.0 Å². The van der Waals surface area contributed by atoms with E-state index in [-0.39, 0.29) is 30.6 Å². The summed E-state index contributed by atoms with van der Waals surface area (Å²) in [6, 6.07) is 10.0. The predicted octanol–water partition coefficient (Wildman–Crippen LogP) is 3.25. The summed E-state index contributed by atoms with van der Waals surface area (Å²) in [5.41, 5.74) is 5.32. The van der Waals surface area contributed by atoms with Gasteiger partial charge in [0.25, 0.3) is 0 Å². The fourth-order valence-electron chi connectivity index (χ4n) is 4.50. The second kappa shape index (κ2) is 11.1. The zero-order valence-electron chi connectivity index (χ0n) is 22.9. The Balaban J connectivity index is 2.04. The summed E-state index contributed by atoms with van der Waals surface area (Å²) in [6.45, 7) is 12.8. The fraction of sp³-hybridized carbons (Fsp3) is 0.500. The molecule has 2 N–H and O–H groups in total. The summed E-state index contributed by atoms with van der Waals surface area (Å²) in [5.74, 6) is -0.339. The number of nitrogens with zero attached hydrogens (tertiary/aromatic N) is 4. The van der Waals surface area contributed by atoms with Crippen molar-refractivity contribution in [2.75, 3.05) is 6.54 Å². The molecule has 0 bridgehead atoms. The van der Waals surface area contributed by atoms with Crippen molar-refractivity contribution in [2.45, 2.75) is 60.9 Å². The van der Waals surface area contributed by atoms with Crippen molar-refractivity contribution in [3.63, 3.8) is 0 Å². The molecule has 0 saturated heterocycles. The van der Waals surface area contributed by atoms with E-state index >= 15 is 0 Å². The van der Waals surface area contributed by atoms with Crippen molar-refractivity contribution < 1.29 is 9.59 Å². The molecule has 2 heterocycles. The molecule has 8 nitrogen and oxygen atoms in total. The molecule has 0 aliphatic carbocycles. The minimum Gasteiger partial charge on any atom is -0.355 e. The maximum Gasteiger partial charge on any atom is 0.236 e. The zero-order valence-corrected chi connectivity index (χ0v) is 22.9. The molecule has 0 fully saturated rings. The molecule has 0 spiro atoms. The van der Waals surface area contributed by atoms with Gasteiger partial charge in [0.1, 0.15) is 5.41 Å². The van der Waals surface area contributed by atoms with Crippen LogP contribution in [0, 0.1) is 39.0 Å². The summed E-state index contributed by atoms with van der Waals surface area (Å²) in [4.78, 5) is 28.0. The van der Waals surface area contributed by atoms with Crippen molar-refractivity contribution >= 4 is 11.8 Å². The molecular formula is C28H40N6O2. The number of carbonyl (C=O) groups excluding carboxylic acids is 2. The Bertz CT molecular complexity index is 1190. The number of amides is 2. The van der Waals surface area contributed by atoms with Gasteiger partial charge in [-0.15, -0.1) is 0 Å². The van der Waals surface area contributed by atoms with Crippen molar-refractivity contribution in [3.05, 3.63) is 69.8 Å². The highest BCUT2D eigenvalue weighted by Gasteiger charge is 2.47. The average Bonchev–Trinajstić information content (AvgIpc) is 3.29. The van der Waals surface area contributed by atoms with Gasteiger partial charge in [0.2, 0.25) is 11.8 Å². The van der Waals surface area contributed by atoms with Crippen molar-refractivity contribution in [1.82, 2.24) is 30.2 Å². The maximum absolute atomic E-state index is 14.1. The Labute approximate surface area is 214 Å². The van der Waals surface area contributed by atoms with Gasteiger partial charge in [-0.05, 0) is 62.4 Å². The highest BCUT2D eigenvalue weighted by atomic mass is 16.2. The number of hydrogen-bond acceptors (Lipinski definition) is 4. The number of aryl methyl sites for hydroxylation is 6. The molecule has 3 aromatic rings. The van der Waals surface area contributed by atoms with Gasteiger partial charge in [0.05, 0.1) is 11.4 Å². The molecule has 0 saturated carbocycles. The minimum absolute atomic E-state index is 0.219. The van der Waals surface area contributed by atoms with Crippen LogP contribution in [0.5, 0.6) is 0 Å². The molecule has 0 unspecified atom stereocenters. The van der Waals surface area contributed by atoms with Gasteiger partial charge >= 0.3 is 0 Å². The zero-order chi connectivity index (χ0) is 26.6. The van der Waals surface area contributed by atoms with E-state index in [1.165, 1.54) is 11.1 Å². The van der Waals surface area contributed by atoms with Gasteiger partial charge < -0.3 is 10.6 Å². The minimum atomic E-state index is -1.38. The van der Waals surface area contributed by atoms with E-state index in [9.17, 15) is 9.59 Å². The molecule has 194 valence electrons. The SMILES string of the molecule is Cc1cc(CC(Cc2cc(C)nn2C)(C(=O)NCc2ccc(C)c(C)c2)C(=O)NCC(C)C)n(C)n1. The Morgan fingerprint density at radius 1 is 0.833 bits per heavy atom. The van der Waals surface area contributed by atoms with Crippen LogP contribution in [0.2, 0.25) is 0 Å². The summed E-state index contributed by atoms with van der Waals surface area (Å²) in [7, 11) is 3.70. The molecule has 0 radical (unpaired) electrons. The predicted molar refractivity (Wildman–Crippen MR) is 141 cm³/mol. The first-order valence-corrected chi connectivity index (χ1v) is 12.5. The second-order valence-electron chi connectivity index (χ2n) is 10.4.